The monoisotopic (exact) mass is 307 g/mol. The second kappa shape index (κ2) is 7.69. The van der Waals surface area contributed by atoms with Crippen LogP contribution in [0, 0.1) is 6.92 Å². The molecule has 0 bridgehead atoms. The first kappa shape index (κ1) is 17.0. The lowest BCUT2D eigenvalue weighted by molar-refractivity contribution is 0.486. The van der Waals surface area contributed by atoms with Crippen molar-refractivity contribution in [2.24, 2.45) is 0 Å². The van der Waals surface area contributed by atoms with E-state index in [1.807, 2.05) is 20.8 Å². The molecule has 2 rings (SSSR count). The minimum Gasteiger partial charge on any atom is -0.388 e. The van der Waals surface area contributed by atoms with Crippen molar-refractivity contribution in [2.45, 2.75) is 25.7 Å². The number of aryl methyl sites for hydroxylation is 1. The predicted molar refractivity (Wildman–Crippen MR) is 86.3 cm³/mol. The topological polar surface area (TPSA) is 55.4 Å². The van der Waals surface area contributed by atoms with E-state index in [9.17, 15) is 8.42 Å². The summed E-state index contributed by atoms with van der Waals surface area (Å²) in [5, 5.41) is 2.93. The zero-order valence-corrected chi connectivity index (χ0v) is 13.6. The molecule has 0 amide bonds. The Morgan fingerprint density at radius 2 is 1.43 bits per heavy atom. The van der Waals surface area contributed by atoms with E-state index >= 15 is 0 Å². The zero-order chi connectivity index (χ0) is 15.9. The molecule has 0 aromatic heterocycles. The van der Waals surface area contributed by atoms with Gasteiger partial charge < -0.3 is 9.50 Å². The third-order valence-corrected chi connectivity index (χ3v) is 3.92. The number of hydrogen-bond donors (Lipinski definition) is 1. The van der Waals surface area contributed by atoms with Crippen LogP contribution in [-0.4, -0.2) is 15.5 Å². The number of rotatable bonds is 4. The summed E-state index contributed by atoms with van der Waals surface area (Å²) in [5.74, 6) is 0.309. The third kappa shape index (κ3) is 4.79. The predicted octanol–water partition coefficient (Wildman–Crippen LogP) is 3.83. The van der Waals surface area contributed by atoms with E-state index in [4.69, 9.17) is 4.18 Å². The van der Waals surface area contributed by atoms with E-state index in [0.717, 1.165) is 11.3 Å². The molecule has 0 fully saturated rings. The Hall–Kier alpha value is -2.01. The second-order valence-electron chi connectivity index (χ2n) is 4.12. The van der Waals surface area contributed by atoms with Gasteiger partial charge in [-0.25, -0.2) is 0 Å². The first-order chi connectivity index (χ1) is 10.0. The van der Waals surface area contributed by atoms with Gasteiger partial charge in [0.25, 0.3) is 0 Å². The summed E-state index contributed by atoms with van der Waals surface area (Å²) >= 11 is 0. The normalized spacial score (nSPS) is 10.3. The van der Waals surface area contributed by atoms with Gasteiger partial charge in [0.15, 0.2) is 0 Å². The van der Waals surface area contributed by atoms with Gasteiger partial charge in [-0.3, -0.25) is 0 Å². The standard InChI is InChI=1S/C14H15NO3S.C2H6/c1-11-3-7-13(8-4-11)18-19(16,17)14-9-5-12(15-2)6-10-14;1-2/h3-10,15H,1-2H3;1-2H3. The highest BCUT2D eigenvalue weighted by Crippen LogP contribution is 2.20. The van der Waals surface area contributed by atoms with Gasteiger partial charge in [-0.2, -0.15) is 8.42 Å². The molecule has 114 valence electrons. The number of hydrogen-bond acceptors (Lipinski definition) is 4. The van der Waals surface area contributed by atoms with Gasteiger partial charge in [0.2, 0.25) is 0 Å². The van der Waals surface area contributed by atoms with Crippen molar-refractivity contribution in [1.82, 2.24) is 0 Å². The molecule has 0 aliphatic carbocycles. The Bertz CT molecular complexity index is 647. The highest BCUT2D eigenvalue weighted by Gasteiger charge is 2.16. The quantitative estimate of drug-likeness (QED) is 0.872. The van der Waals surface area contributed by atoms with Gasteiger partial charge >= 0.3 is 10.1 Å². The summed E-state index contributed by atoms with van der Waals surface area (Å²) in [4.78, 5) is 0.132. The Kier molecular flexibility index (Phi) is 6.24. The van der Waals surface area contributed by atoms with Gasteiger partial charge in [0.1, 0.15) is 10.6 Å². The number of anilines is 1. The number of benzene rings is 2. The lowest BCUT2D eigenvalue weighted by atomic mass is 10.2. The van der Waals surface area contributed by atoms with E-state index in [1.54, 1.807) is 43.4 Å². The fourth-order valence-electron chi connectivity index (χ4n) is 1.56. The van der Waals surface area contributed by atoms with Crippen molar-refractivity contribution in [3.63, 3.8) is 0 Å². The first-order valence-electron chi connectivity index (χ1n) is 6.80. The minimum absolute atomic E-state index is 0.132. The van der Waals surface area contributed by atoms with Crippen molar-refractivity contribution < 1.29 is 12.6 Å². The average Bonchev–Trinajstić information content (AvgIpc) is 2.51. The highest BCUT2D eigenvalue weighted by atomic mass is 32.2. The van der Waals surface area contributed by atoms with Gasteiger partial charge in [-0.15, -0.1) is 0 Å². The lowest BCUT2D eigenvalue weighted by Gasteiger charge is -2.08. The molecule has 0 spiro atoms. The van der Waals surface area contributed by atoms with Crippen LogP contribution < -0.4 is 9.50 Å². The Morgan fingerprint density at radius 1 is 0.905 bits per heavy atom. The molecule has 0 aliphatic rings. The maximum atomic E-state index is 12.0. The SMILES string of the molecule is CC.CNc1ccc(S(=O)(=O)Oc2ccc(C)cc2)cc1. The molecular weight excluding hydrogens is 286 g/mol. The molecule has 0 saturated carbocycles. The minimum atomic E-state index is -3.78. The molecule has 21 heavy (non-hydrogen) atoms. The van der Waals surface area contributed by atoms with Crippen LogP contribution in [0.4, 0.5) is 5.69 Å². The molecule has 0 radical (unpaired) electrons. The van der Waals surface area contributed by atoms with Gasteiger partial charge in [0, 0.05) is 12.7 Å². The summed E-state index contributed by atoms with van der Waals surface area (Å²) in [7, 11) is -2.01. The molecule has 2 aromatic rings. The van der Waals surface area contributed by atoms with Crippen molar-refractivity contribution >= 4 is 15.8 Å². The van der Waals surface area contributed by atoms with Crippen LogP contribution >= 0.6 is 0 Å². The maximum absolute atomic E-state index is 12.0. The van der Waals surface area contributed by atoms with Crippen LogP contribution in [0.3, 0.4) is 0 Å². The fraction of sp³-hybridized carbons (Fsp3) is 0.250. The van der Waals surface area contributed by atoms with E-state index < -0.39 is 10.1 Å². The van der Waals surface area contributed by atoms with Crippen LogP contribution in [0.2, 0.25) is 0 Å². The molecule has 1 N–H and O–H groups in total. The van der Waals surface area contributed by atoms with Crippen molar-refractivity contribution in [3.8, 4) is 5.75 Å². The van der Waals surface area contributed by atoms with Crippen LogP contribution in [0.1, 0.15) is 19.4 Å². The molecule has 0 atom stereocenters. The summed E-state index contributed by atoms with van der Waals surface area (Å²) in [6, 6.07) is 13.3. The summed E-state index contributed by atoms with van der Waals surface area (Å²) in [6.07, 6.45) is 0. The van der Waals surface area contributed by atoms with E-state index in [0.29, 0.717) is 5.75 Å². The summed E-state index contributed by atoms with van der Waals surface area (Å²) in [5.41, 5.74) is 1.89. The van der Waals surface area contributed by atoms with E-state index in [1.165, 1.54) is 12.1 Å². The van der Waals surface area contributed by atoms with Gasteiger partial charge in [-0.1, -0.05) is 31.5 Å². The molecule has 2 aromatic carbocycles. The Labute approximate surface area is 126 Å². The second-order valence-corrected chi connectivity index (χ2v) is 5.67. The number of nitrogens with one attached hydrogen (secondary N) is 1. The van der Waals surface area contributed by atoms with Crippen LogP contribution in [0.15, 0.2) is 53.4 Å². The van der Waals surface area contributed by atoms with Crippen molar-refractivity contribution in [3.05, 3.63) is 54.1 Å². The van der Waals surface area contributed by atoms with Gasteiger partial charge in [0.05, 0.1) is 0 Å². The summed E-state index contributed by atoms with van der Waals surface area (Å²) < 4.78 is 29.2. The Morgan fingerprint density at radius 3 is 1.90 bits per heavy atom. The fourth-order valence-corrected chi connectivity index (χ4v) is 2.49. The Balaban J connectivity index is 0.00000106. The van der Waals surface area contributed by atoms with Crippen LogP contribution in [-0.2, 0) is 10.1 Å². The molecular formula is C16H21NO3S. The van der Waals surface area contributed by atoms with Crippen LogP contribution in [0.5, 0.6) is 5.75 Å². The summed E-state index contributed by atoms with van der Waals surface area (Å²) in [6.45, 7) is 5.93. The maximum Gasteiger partial charge on any atom is 0.339 e. The third-order valence-electron chi connectivity index (χ3n) is 2.66. The molecule has 0 unspecified atom stereocenters. The molecule has 4 nitrogen and oxygen atoms in total. The molecule has 0 heterocycles. The molecule has 5 heteroatoms. The smallest absolute Gasteiger partial charge is 0.339 e. The molecule has 0 saturated heterocycles. The van der Waals surface area contributed by atoms with Crippen molar-refractivity contribution in [2.75, 3.05) is 12.4 Å². The largest absolute Gasteiger partial charge is 0.388 e. The zero-order valence-electron chi connectivity index (χ0n) is 12.8. The van der Waals surface area contributed by atoms with Gasteiger partial charge in [-0.05, 0) is 43.3 Å². The van der Waals surface area contributed by atoms with E-state index in [2.05, 4.69) is 5.32 Å². The first-order valence-corrected chi connectivity index (χ1v) is 8.21. The van der Waals surface area contributed by atoms with Crippen molar-refractivity contribution in [1.29, 1.82) is 0 Å². The average molecular weight is 307 g/mol. The van der Waals surface area contributed by atoms with Crippen LogP contribution in [0.25, 0.3) is 0 Å². The van der Waals surface area contributed by atoms with E-state index in [-0.39, 0.29) is 4.90 Å². The highest BCUT2D eigenvalue weighted by molar-refractivity contribution is 7.87. The lowest BCUT2D eigenvalue weighted by Crippen LogP contribution is -2.09. The molecule has 0 aliphatic heterocycles.